The lowest BCUT2D eigenvalue weighted by Gasteiger charge is -2.00. The highest BCUT2D eigenvalue weighted by Crippen LogP contribution is 2.12. The third kappa shape index (κ3) is 1.83. The molecule has 0 aromatic carbocycles. The maximum absolute atomic E-state index is 11.8. The zero-order chi connectivity index (χ0) is 10.7. The summed E-state index contributed by atoms with van der Waals surface area (Å²) in [7, 11) is 1.52. The van der Waals surface area contributed by atoms with E-state index in [2.05, 4.69) is 20.4 Å². The second-order valence-corrected chi connectivity index (χ2v) is 2.80. The smallest absolute Gasteiger partial charge is 0.216 e. The molecular weight excluding hydrogens is 196 g/mol. The van der Waals surface area contributed by atoms with Crippen LogP contribution in [0.1, 0.15) is 16.1 Å². The largest absolute Gasteiger partial charge is 0.495 e. The molecule has 0 aliphatic carbocycles. The van der Waals surface area contributed by atoms with Gasteiger partial charge in [0.1, 0.15) is 5.75 Å². The Morgan fingerprint density at radius 1 is 1.40 bits per heavy atom. The van der Waals surface area contributed by atoms with E-state index < -0.39 is 0 Å². The van der Waals surface area contributed by atoms with Gasteiger partial charge in [-0.2, -0.15) is 15.4 Å². The molecule has 2 aromatic heterocycles. The molecule has 0 unspecified atom stereocenters. The van der Waals surface area contributed by atoms with Crippen molar-refractivity contribution in [3.05, 3.63) is 35.9 Å². The monoisotopic (exact) mass is 204 g/mol. The summed E-state index contributed by atoms with van der Waals surface area (Å²) in [6.45, 7) is 0. The number of pyridine rings is 1. The van der Waals surface area contributed by atoms with Crippen LogP contribution >= 0.6 is 0 Å². The van der Waals surface area contributed by atoms with Gasteiger partial charge in [-0.25, -0.2) is 0 Å². The Hall–Kier alpha value is -2.24. The van der Waals surface area contributed by atoms with Gasteiger partial charge in [-0.15, -0.1) is 0 Å². The van der Waals surface area contributed by atoms with Crippen molar-refractivity contribution in [1.82, 2.24) is 20.4 Å². The molecule has 0 radical (unpaired) electrons. The fourth-order valence-corrected chi connectivity index (χ4v) is 1.11. The van der Waals surface area contributed by atoms with Gasteiger partial charge in [-0.3, -0.25) is 9.78 Å². The number of carbonyl (C=O) groups excluding carboxylic acids is 1. The summed E-state index contributed by atoms with van der Waals surface area (Å²) in [5, 5.41) is 9.63. The molecule has 0 saturated carbocycles. The lowest BCUT2D eigenvalue weighted by atomic mass is 10.1. The molecule has 76 valence electrons. The molecule has 0 atom stereocenters. The molecule has 0 bridgehead atoms. The van der Waals surface area contributed by atoms with Gasteiger partial charge in [0.2, 0.25) is 5.78 Å². The van der Waals surface area contributed by atoms with E-state index in [1.165, 1.54) is 25.7 Å². The summed E-state index contributed by atoms with van der Waals surface area (Å²) in [4.78, 5) is 15.6. The highest BCUT2D eigenvalue weighted by Gasteiger charge is 2.12. The van der Waals surface area contributed by atoms with Gasteiger partial charge < -0.3 is 4.74 Å². The predicted octanol–water partition coefficient (Wildman–Crippen LogP) is 0.439. The van der Waals surface area contributed by atoms with E-state index in [1.807, 2.05) is 0 Å². The quantitative estimate of drug-likeness (QED) is 0.733. The van der Waals surface area contributed by atoms with E-state index in [1.54, 1.807) is 6.07 Å². The van der Waals surface area contributed by atoms with Crippen LogP contribution in [-0.4, -0.2) is 33.3 Å². The summed E-state index contributed by atoms with van der Waals surface area (Å²) in [6, 6.07) is 1.60. The number of nitrogens with zero attached hydrogens (tertiary/aromatic N) is 3. The van der Waals surface area contributed by atoms with E-state index in [4.69, 9.17) is 4.74 Å². The number of hydrogen-bond donors (Lipinski definition) is 1. The average molecular weight is 204 g/mol. The first-order chi connectivity index (χ1) is 7.31. The molecule has 2 rings (SSSR count). The van der Waals surface area contributed by atoms with Crippen LogP contribution in [0, 0.1) is 0 Å². The van der Waals surface area contributed by atoms with Crippen LogP contribution in [0.25, 0.3) is 0 Å². The number of methoxy groups -OCH3 is 1. The standard InChI is InChI=1S/C9H8N4O2/c1-15-7-2-6(3-10-4-7)9(14)8-5-11-13-12-8/h2-5H,1H3,(H,11,12,13). The second-order valence-electron chi connectivity index (χ2n) is 2.80. The van der Waals surface area contributed by atoms with Crippen LogP contribution < -0.4 is 4.74 Å². The molecule has 0 aliphatic rings. The number of rotatable bonds is 3. The van der Waals surface area contributed by atoms with E-state index in [9.17, 15) is 4.79 Å². The first-order valence-electron chi connectivity index (χ1n) is 4.21. The van der Waals surface area contributed by atoms with E-state index >= 15 is 0 Å². The van der Waals surface area contributed by atoms with Gasteiger partial charge in [0.15, 0.2) is 5.69 Å². The van der Waals surface area contributed by atoms with Crippen molar-refractivity contribution in [1.29, 1.82) is 0 Å². The Kier molecular flexibility index (Phi) is 2.40. The first kappa shape index (κ1) is 9.32. The van der Waals surface area contributed by atoms with Crippen LogP contribution in [0.15, 0.2) is 24.7 Å². The lowest BCUT2D eigenvalue weighted by molar-refractivity contribution is 0.103. The van der Waals surface area contributed by atoms with Gasteiger partial charge >= 0.3 is 0 Å². The van der Waals surface area contributed by atoms with Crippen LogP contribution in [0.4, 0.5) is 0 Å². The molecule has 6 heteroatoms. The number of H-pyrrole nitrogens is 1. The number of ether oxygens (including phenoxy) is 1. The number of aromatic amines is 1. The van der Waals surface area contributed by atoms with Crippen LogP contribution in [0.5, 0.6) is 5.75 Å². The molecule has 0 aliphatic heterocycles. The van der Waals surface area contributed by atoms with Crippen LogP contribution in [0.3, 0.4) is 0 Å². The predicted molar refractivity (Wildman–Crippen MR) is 50.6 cm³/mol. The minimum absolute atomic E-state index is 0.241. The molecular formula is C9H8N4O2. The zero-order valence-electron chi connectivity index (χ0n) is 7.97. The fourth-order valence-electron chi connectivity index (χ4n) is 1.11. The van der Waals surface area contributed by atoms with Gasteiger partial charge in [-0.1, -0.05) is 0 Å². The van der Waals surface area contributed by atoms with Crippen molar-refractivity contribution < 1.29 is 9.53 Å². The van der Waals surface area contributed by atoms with Gasteiger partial charge in [-0.05, 0) is 6.07 Å². The Bertz CT molecular complexity index is 467. The van der Waals surface area contributed by atoms with Crippen molar-refractivity contribution in [3.8, 4) is 5.75 Å². The van der Waals surface area contributed by atoms with Crippen molar-refractivity contribution in [2.75, 3.05) is 7.11 Å². The van der Waals surface area contributed by atoms with Gasteiger partial charge in [0, 0.05) is 11.8 Å². The third-order valence-electron chi connectivity index (χ3n) is 1.86. The van der Waals surface area contributed by atoms with Crippen molar-refractivity contribution in [2.24, 2.45) is 0 Å². The summed E-state index contributed by atoms with van der Waals surface area (Å²) in [5.41, 5.74) is 0.674. The molecule has 0 saturated heterocycles. The normalized spacial score (nSPS) is 9.93. The summed E-state index contributed by atoms with van der Waals surface area (Å²) >= 11 is 0. The maximum atomic E-state index is 11.8. The second kappa shape index (κ2) is 3.87. The van der Waals surface area contributed by atoms with E-state index in [0.29, 0.717) is 11.3 Å². The van der Waals surface area contributed by atoms with Gasteiger partial charge in [0.25, 0.3) is 0 Å². The SMILES string of the molecule is COc1cncc(C(=O)c2cn[nH]n2)c1. The summed E-state index contributed by atoms with van der Waals surface area (Å²) < 4.78 is 4.96. The van der Waals surface area contributed by atoms with E-state index in [-0.39, 0.29) is 11.5 Å². The minimum Gasteiger partial charge on any atom is -0.495 e. The Balaban J connectivity index is 2.34. The molecule has 2 heterocycles. The number of hydrogen-bond acceptors (Lipinski definition) is 5. The highest BCUT2D eigenvalue weighted by molar-refractivity contribution is 6.07. The van der Waals surface area contributed by atoms with E-state index in [0.717, 1.165) is 0 Å². The van der Waals surface area contributed by atoms with Crippen LogP contribution in [-0.2, 0) is 0 Å². The number of carbonyl (C=O) groups is 1. The first-order valence-corrected chi connectivity index (χ1v) is 4.21. The van der Waals surface area contributed by atoms with Gasteiger partial charge in [0.05, 0.1) is 19.5 Å². The topological polar surface area (TPSA) is 80.8 Å². The lowest BCUT2D eigenvalue weighted by Crippen LogP contribution is -2.02. The summed E-state index contributed by atoms with van der Waals surface area (Å²) in [5.74, 6) is 0.291. The van der Waals surface area contributed by atoms with Crippen LogP contribution in [0.2, 0.25) is 0 Å². The van der Waals surface area contributed by atoms with Crippen molar-refractivity contribution in [3.63, 3.8) is 0 Å². The highest BCUT2D eigenvalue weighted by atomic mass is 16.5. The zero-order valence-corrected chi connectivity index (χ0v) is 7.97. The van der Waals surface area contributed by atoms with Crippen molar-refractivity contribution >= 4 is 5.78 Å². The number of ketones is 1. The Morgan fingerprint density at radius 3 is 2.93 bits per heavy atom. The molecule has 15 heavy (non-hydrogen) atoms. The molecule has 2 aromatic rings. The summed E-state index contributed by atoms with van der Waals surface area (Å²) in [6.07, 6.45) is 4.35. The Labute approximate surface area is 85.3 Å². The molecule has 0 amide bonds. The maximum Gasteiger partial charge on any atom is 0.216 e. The molecule has 1 N–H and O–H groups in total. The molecule has 6 nitrogen and oxygen atoms in total. The molecule has 0 fully saturated rings. The van der Waals surface area contributed by atoms with Crippen molar-refractivity contribution in [2.45, 2.75) is 0 Å². The Morgan fingerprint density at radius 2 is 2.27 bits per heavy atom. The average Bonchev–Trinajstić information content (AvgIpc) is 2.81. The minimum atomic E-state index is -0.241. The number of nitrogens with one attached hydrogen (secondary N) is 1. The number of aromatic nitrogens is 4. The molecule has 0 spiro atoms. The fraction of sp³-hybridized carbons (Fsp3) is 0.111. The third-order valence-corrected chi connectivity index (χ3v) is 1.86.